The van der Waals surface area contributed by atoms with Crippen molar-refractivity contribution in [1.82, 2.24) is 15.6 Å². The van der Waals surface area contributed by atoms with Gasteiger partial charge in [0.2, 0.25) is 0 Å². The van der Waals surface area contributed by atoms with Crippen molar-refractivity contribution in [2.45, 2.75) is 44.6 Å². The number of rotatable bonds is 0. The fourth-order valence-electron chi connectivity index (χ4n) is 4.61. The van der Waals surface area contributed by atoms with Crippen LogP contribution in [0.2, 0.25) is 0 Å². The molecule has 112 valence electrons. The van der Waals surface area contributed by atoms with Gasteiger partial charge in [-0.25, -0.2) is 5.01 Å². The Kier molecular flexibility index (Phi) is 2.34. The molecule has 4 fully saturated rings. The van der Waals surface area contributed by atoms with E-state index >= 15 is 0 Å². The second-order valence-electron chi connectivity index (χ2n) is 6.94. The molecule has 0 unspecified atom stereocenters. The Balaban J connectivity index is 1.48. The molecule has 5 nitrogen and oxygen atoms in total. The van der Waals surface area contributed by atoms with Crippen LogP contribution in [0.1, 0.15) is 39.0 Å². The summed E-state index contributed by atoms with van der Waals surface area (Å²) in [5.41, 5.74) is 4.51. The third-order valence-corrected chi connectivity index (χ3v) is 6.54. The molecular formula is C15H19BrN4O. The van der Waals surface area contributed by atoms with Crippen LogP contribution in [-0.2, 0) is 4.74 Å². The molecule has 0 radical (unpaired) electrons. The third-order valence-electron chi connectivity index (χ3n) is 5.71. The average Bonchev–Trinajstić information content (AvgIpc) is 2.96. The average molecular weight is 351 g/mol. The van der Waals surface area contributed by atoms with Gasteiger partial charge < -0.3 is 4.74 Å². The monoisotopic (exact) mass is 350 g/mol. The topological polar surface area (TPSA) is 40.1 Å². The highest BCUT2D eigenvalue weighted by molar-refractivity contribution is 9.11. The summed E-state index contributed by atoms with van der Waals surface area (Å²) in [5, 5.41) is 4.21. The molecule has 1 spiro atoms. The maximum absolute atomic E-state index is 6.43. The van der Waals surface area contributed by atoms with Crippen LogP contribution in [-0.4, -0.2) is 28.3 Å². The number of halogens is 1. The summed E-state index contributed by atoms with van der Waals surface area (Å²) in [5.74, 6) is 2.46. The third kappa shape index (κ3) is 1.59. The minimum Gasteiger partial charge on any atom is -0.455 e. The smallest absolute Gasteiger partial charge is 0.316 e. The zero-order chi connectivity index (χ0) is 14.2. The lowest BCUT2D eigenvalue weighted by atomic mass is 9.62. The van der Waals surface area contributed by atoms with Crippen molar-refractivity contribution < 1.29 is 4.74 Å². The minimum absolute atomic E-state index is 0.0134. The van der Waals surface area contributed by atoms with Crippen LogP contribution in [0.5, 0.6) is 0 Å². The first-order valence-electron chi connectivity index (χ1n) is 7.85. The maximum atomic E-state index is 6.43. The number of amidine groups is 1. The SMILES string of the molecule is CC1=C(Br)C=C2N=C3O[C@@]4(CC5CCC4CC5)CN3N2N1. The van der Waals surface area contributed by atoms with Crippen molar-refractivity contribution in [3.8, 4) is 0 Å². The summed E-state index contributed by atoms with van der Waals surface area (Å²) in [7, 11) is 0. The van der Waals surface area contributed by atoms with Crippen LogP contribution in [0, 0.1) is 11.8 Å². The van der Waals surface area contributed by atoms with Gasteiger partial charge in [-0.3, -0.25) is 5.43 Å². The van der Waals surface area contributed by atoms with Crippen molar-refractivity contribution >= 4 is 22.0 Å². The molecule has 0 amide bonds. The number of hydrogen-bond donors (Lipinski definition) is 1. The highest BCUT2D eigenvalue weighted by atomic mass is 79.9. The number of nitrogens with zero attached hydrogens (tertiary/aromatic N) is 3. The van der Waals surface area contributed by atoms with E-state index in [2.05, 4.69) is 38.3 Å². The Labute approximate surface area is 132 Å². The Morgan fingerprint density at radius 2 is 2.19 bits per heavy atom. The van der Waals surface area contributed by atoms with E-state index in [1.807, 2.05) is 11.2 Å². The van der Waals surface area contributed by atoms with Gasteiger partial charge in [-0.2, -0.15) is 10.1 Å². The van der Waals surface area contributed by atoms with Gasteiger partial charge in [-0.05, 0) is 60.9 Å². The number of allylic oxidation sites excluding steroid dienone is 3. The number of hydrazine groups is 2. The molecule has 1 saturated heterocycles. The quantitative estimate of drug-likeness (QED) is 0.729. The van der Waals surface area contributed by atoms with Crippen LogP contribution in [0.3, 0.4) is 0 Å². The largest absolute Gasteiger partial charge is 0.455 e. The van der Waals surface area contributed by atoms with E-state index < -0.39 is 0 Å². The molecular weight excluding hydrogens is 332 g/mol. The molecule has 6 rings (SSSR count). The van der Waals surface area contributed by atoms with Gasteiger partial charge in [0.25, 0.3) is 0 Å². The lowest BCUT2D eigenvalue weighted by Gasteiger charge is -2.48. The second-order valence-corrected chi connectivity index (χ2v) is 7.79. The molecule has 6 aliphatic rings. The van der Waals surface area contributed by atoms with Crippen molar-refractivity contribution in [3.63, 3.8) is 0 Å². The van der Waals surface area contributed by atoms with Crippen LogP contribution in [0.25, 0.3) is 0 Å². The van der Waals surface area contributed by atoms with Crippen LogP contribution in [0.15, 0.2) is 27.1 Å². The van der Waals surface area contributed by atoms with Gasteiger partial charge in [-0.15, -0.1) is 0 Å². The second kappa shape index (κ2) is 3.97. The van der Waals surface area contributed by atoms with Gasteiger partial charge in [-0.1, -0.05) is 0 Å². The summed E-state index contributed by atoms with van der Waals surface area (Å²) in [6.45, 7) is 2.99. The number of nitrogens with one attached hydrogen (secondary N) is 1. The van der Waals surface area contributed by atoms with Gasteiger partial charge in [0.15, 0.2) is 5.82 Å². The predicted molar refractivity (Wildman–Crippen MR) is 82.7 cm³/mol. The summed E-state index contributed by atoms with van der Waals surface area (Å²) < 4.78 is 7.48. The first-order chi connectivity index (χ1) is 10.1. The standard InChI is InChI=1S/C15H19BrN4O/c1-9-12(16)6-13-17-14-19(20(13)18-9)8-15(21-14)7-10-2-4-11(15)5-3-10/h6,10-11,18H,2-5,7-8H2,1H3/t10?,11?,15-/m0/s1. The Morgan fingerprint density at radius 1 is 1.38 bits per heavy atom. The van der Waals surface area contributed by atoms with E-state index in [9.17, 15) is 0 Å². The lowest BCUT2D eigenvalue weighted by molar-refractivity contribution is -0.0738. The molecule has 3 saturated carbocycles. The van der Waals surface area contributed by atoms with Crippen molar-refractivity contribution in [3.05, 3.63) is 22.1 Å². The summed E-state index contributed by atoms with van der Waals surface area (Å²) >= 11 is 3.55. The predicted octanol–water partition coefficient (Wildman–Crippen LogP) is 2.84. The lowest BCUT2D eigenvalue weighted by Crippen LogP contribution is -2.53. The van der Waals surface area contributed by atoms with Gasteiger partial charge in [0, 0.05) is 22.2 Å². The first kappa shape index (κ1) is 12.4. The fraction of sp³-hybridized carbons (Fsp3) is 0.667. The number of fused-ring (bicyclic) bond motifs is 5. The normalized spacial score (nSPS) is 39.9. The number of aliphatic imine (C=N–C) groups is 1. The molecule has 3 aliphatic carbocycles. The van der Waals surface area contributed by atoms with E-state index in [0.29, 0.717) is 5.92 Å². The highest BCUT2D eigenvalue weighted by Gasteiger charge is 2.57. The zero-order valence-corrected chi connectivity index (χ0v) is 13.7. The van der Waals surface area contributed by atoms with Gasteiger partial charge in [0.05, 0.1) is 6.54 Å². The Morgan fingerprint density at radius 3 is 2.90 bits per heavy atom. The molecule has 0 aromatic rings. The minimum atomic E-state index is 0.0134. The molecule has 21 heavy (non-hydrogen) atoms. The van der Waals surface area contributed by atoms with Crippen LogP contribution >= 0.6 is 15.9 Å². The molecule has 0 aromatic carbocycles. The zero-order valence-electron chi connectivity index (χ0n) is 12.1. The molecule has 0 aromatic heterocycles. The van der Waals surface area contributed by atoms with Crippen molar-refractivity contribution in [1.29, 1.82) is 0 Å². The highest BCUT2D eigenvalue weighted by Crippen LogP contribution is 2.52. The summed E-state index contributed by atoms with van der Waals surface area (Å²) in [4.78, 5) is 4.67. The van der Waals surface area contributed by atoms with E-state index in [1.165, 1.54) is 32.1 Å². The molecule has 1 atom stereocenters. The Bertz CT molecular complexity index is 605. The number of ether oxygens (including phenoxy) is 1. The molecule has 1 N–H and O–H groups in total. The molecule has 6 heteroatoms. The number of hydrogen-bond acceptors (Lipinski definition) is 5. The van der Waals surface area contributed by atoms with Crippen LogP contribution in [0.4, 0.5) is 0 Å². The molecule has 3 aliphatic heterocycles. The van der Waals surface area contributed by atoms with Crippen molar-refractivity contribution in [2.24, 2.45) is 16.8 Å². The van der Waals surface area contributed by atoms with Crippen LogP contribution < -0.4 is 5.43 Å². The maximum Gasteiger partial charge on any atom is 0.316 e. The summed E-state index contributed by atoms with van der Waals surface area (Å²) in [6, 6.07) is 0.774. The van der Waals surface area contributed by atoms with Crippen molar-refractivity contribution in [2.75, 3.05) is 6.54 Å². The van der Waals surface area contributed by atoms with E-state index in [0.717, 1.165) is 34.5 Å². The van der Waals surface area contributed by atoms with E-state index in [-0.39, 0.29) is 5.60 Å². The molecule has 2 bridgehead atoms. The van der Waals surface area contributed by atoms with Gasteiger partial charge >= 0.3 is 6.02 Å². The first-order valence-corrected chi connectivity index (χ1v) is 8.64. The van der Waals surface area contributed by atoms with E-state index in [1.54, 1.807) is 0 Å². The summed E-state index contributed by atoms with van der Waals surface area (Å²) in [6.07, 6.45) is 8.69. The van der Waals surface area contributed by atoms with Gasteiger partial charge in [0.1, 0.15) is 5.60 Å². The fourth-order valence-corrected chi connectivity index (χ4v) is 4.90. The Hall–Kier alpha value is -1.17. The molecule has 3 heterocycles. The van der Waals surface area contributed by atoms with E-state index in [4.69, 9.17) is 4.74 Å².